The molecule has 1 aromatic carbocycles. The maximum atomic E-state index is 10.6. The summed E-state index contributed by atoms with van der Waals surface area (Å²) < 4.78 is 15.0. The molecule has 0 bridgehead atoms. The lowest BCUT2D eigenvalue weighted by atomic mass is 10.1. The zero-order chi connectivity index (χ0) is 10.8. The smallest absolute Gasteiger partial charge is 0.303 e. The molecule has 2 N–H and O–H groups in total. The normalized spacial score (nSPS) is 14.0. The van der Waals surface area contributed by atoms with Gasteiger partial charge in [-0.25, -0.2) is 4.57 Å². The summed E-state index contributed by atoms with van der Waals surface area (Å²) in [5.41, 5.74) is 0.553. The minimum atomic E-state index is -4.47. The Morgan fingerprint density at radius 2 is 2.00 bits per heavy atom. The highest BCUT2D eigenvalue weighted by Crippen LogP contribution is 2.43. The molecular formula is C8H10ClO4P. The van der Waals surface area contributed by atoms with Gasteiger partial charge in [0, 0.05) is 5.02 Å². The van der Waals surface area contributed by atoms with Gasteiger partial charge in [0.1, 0.15) is 0 Å². The SMILES string of the molecule is C[C@H](OP(=O)(O)O)c1ccccc1Cl. The molecule has 0 saturated carbocycles. The van der Waals surface area contributed by atoms with E-state index < -0.39 is 13.9 Å². The van der Waals surface area contributed by atoms with Crippen molar-refractivity contribution in [2.75, 3.05) is 0 Å². The van der Waals surface area contributed by atoms with Crippen LogP contribution in [0.1, 0.15) is 18.6 Å². The monoisotopic (exact) mass is 236 g/mol. The highest BCUT2D eigenvalue weighted by atomic mass is 35.5. The first-order valence-electron chi connectivity index (χ1n) is 3.88. The van der Waals surface area contributed by atoms with Crippen LogP contribution >= 0.6 is 19.4 Å². The van der Waals surface area contributed by atoms with Crippen LogP contribution in [0.15, 0.2) is 24.3 Å². The van der Waals surface area contributed by atoms with Gasteiger partial charge in [0.2, 0.25) is 0 Å². The van der Waals surface area contributed by atoms with Crippen LogP contribution in [0.3, 0.4) is 0 Å². The summed E-state index contributed by atoms with van der Waals surface area (Å²) in [5.74, 6) is 0. The van der Waals surface area contributed by atoms with Gasteiger partial charge in [0.15, 0.2) is 0 Å². The Hall–Kier alpha value is -0.380. The Balaban J connectivity index is 2.85. The summed E-state index contributed by atoms with van der Waals surface area (Å²) in [4.78, 5) is 17.2. The third-order valence-electron chi connectivity index (χ3n) is 1.64. The van der Waals surface area contributed by atoms with Gasteiger partial charge in [0.25, 0.3) is 0 Å². The van der Waals surface area contributed by atoms with Crippen LogP contribution in [0.5, 0.6) is 0 Å². The van der Waals surface area contributed by atoms with E-state index in [0.717, 1.165) is 0 Å². The summed E-state index contributed by atoms with van der Waals surface area (Å²) in [5, 5.41) is 0.424. The summed E-state index contributed by atoms with van der Waals surface area (Å²) in [6.07, 6.45) is -0.732. The van der Waals surface area contributed by atoms with Gasteiger partial charge in [-0.3, -0.25) is 4.52 Å². The van der Waals surface area contributed by atoms with Crippen LogP contribution in [0.25, 0.3) is 0 Å². The van der Waals surface area contributed by atoms with Gasteiger partial charge in [0.05, 0.1) is 6.10 Å². The number of hydrogen-bond donors (Lipinski definition) is 2. The summed E-state index contributed by atoms with van der Waals surface area (Å²) >= 11 is 5.81. The average Bonchev–Trinajstić information content (AvgIpc) is 2.01. The minimum absolute atomic E-state index is 0.424. The quantitative estimate of drug-likeness (QED) is 0.792. The molecule has 1 aromatic rings. The molecule has 4 nitrogen and oxygen atoms in total. The Morgan fingerprint density at radius 3 is 2.50 bits per heavy atom. The van der Waals surface area contributed by atoms with Crippen molar-refractivity contribution in [1.29, 1.82) is 0 Å². The van der Waals surface area contributed by atoms with Crippen LogP contribution in [0.2, 0.25) is 5.02 Å². The van der Waals surface area contributed by atoms with Crippen molar-refractivity contribution in [1.82, 2.24) is 0 Å². The van der Waals surface area contributed by atoms with Crippen molar-refractivity contribution < 1.29 is 18.9 Å². The molecule has 0 amide bonds. The zero-order valence-electron chi connectivity index (χ0n) is 7.42. The van der Waals surface area contributed by atoms with E-state index in [9.17, 15) is 4.57 Å². The summed E-state index contributed by atoms with van der Waals surface area (Å²) in [7, 11) is -4.47. The highest BCUT2D eigenvalue weighted by molar-refractivity contribution is 7.46. The van der Waals surface area contributed by atoms with Crippen LogP contribution in [0, 0.1) is 0 Å². The zero-order valence-corrected chi connectivity index (χ0v) is 9.07. The van der Waals surface area contributed by atoms with Crippen molar-refractivity contribution >= 4 is 19.4 Å². The molecule has 0 aliphatic heterocycles. The Morgan fingerprint density at radius 1 is 1.43 bits per heavy atom. The predicted octanol–water partition coefficient (Wildman–Crippen LogP) is 2.51. The van der Waals surface area contributed by atoms with Gasteiger partial charge in [-0.05, 0) is 18.6 Å². The van der Waals surface area contributed by atoms with E-state index in [2.05, 4.69) is 4.52 Å². The maximum Gasteiger partial charge on any atom is 0.470 e. The molecule has 0 saturated heterocycles. The molecule has 6 heteroatoms. The van der Waals surface area contributed by atoms with Gasteiger partial charge < -0.3 is 9.79 Å². The first kappa shape index (κ1) is 11.7. The lowest BCUT2D eigenvalue weighted by Gasteiger charge is -2.14. The highest BCUT2D eigenvalue weighted by Gasteiger charge is 2.21. The van der Waals surface area contributed by atoms with Gasteiger partial charge in [-0.15, -0.1) is 0 Å². The number of rotatable bonds is 3. The summed E-state index contributed by atoms with van der Waals surface area (Å²) in [6, 6.07) is 6.75. The van der Waals surface area contributed by atoms with Crippen LogP contribution in [-0.2, 0) is 9.09 Å². The lowest BCUT2D eigenvalue weighted by Crippen LogP contribution is -1.98. The molecule has 0 heterocycles. The fraction of sp³-hybridized carbons (Fsp3) is 0.250. The van der Waals surface area contributed by atoms with E-state index in [4.69, 9.17) is 21.4 Å². The molecule has 0 radical (unpaired) electrons. The summed E-state index contributed by atoms with van der Waals surface area (Å²) in [6.45, 7) is 1.53. The van der Waals surface area contributed by atoms with E-state index >= 15 is 0 Å². The van der Waals surface area contributed by atoms with Crippen molar-refractivity contribution in [3.05, 3.63) is 34.9 Å². The molecule has 0 aliphatic carbocycles. The minimum Gasteiger partial charge on any atom is -0.303 e. The predicted molar refractivity (Wildman–Crippen MR) is 53.0 cm³/mol. The van der Waals surface area contributed by atoms with E-state index in [1.807, 2.05) is 0 Å². The maximum absolute atomic E-state index is 10.6. The third kappa shape index (κ3) is 3.40. The lowest BCUT2D eigenvalue weighted by molar-refractivity contribution is 0.146. The topological polar surface area (TPSA) is 66.8 Å². The number of halogens is 1. The third-order valence-corrected chi connectivity index (χ3v) is 2.57. The fourth-order valence-corrected chi connectivity index (χ4v) is 1.88. The van der Waals surface area contributed by atoms with Crippen molar-refractivity contribution in [2.45, 2.75) is 13.0 Å². The number of benzene rings is 1. The second kappa shape index (κ2) is 4.43. The van der Waals surface area contributed by atoms with E-state index in [-0.39, 0.29) is 0 Å². The largest absolute Gasteiger partial charge is 0.470 e. The molecule has 14 heavy (non-hydrogen) atoms. The number of phosphoric acid groups is 1. The van der Waals surface area contributed by atoms with E-state index in [1.165, 1.54) is 6.92 Å². The van der Waals surface area contributed by atoms with Crippen LogP contribution in [0.4, 0.5) is 0 Å². The molecule has 0 aliphatic rings. The van der Waals surface area contributed by atoms with E-state index in [1.54, 1.807) is 24.3 Å². The molecule has 78 valence electrons. The van der Waals surface area contributed by atoms with Crippen molar-refractivity contribution in [3.63, 3.8) is 0 Å². The van der Waals surface area contributed by atoms with E-state index in [0.29, 0.717) is 10.6 Å². The molecular weight excluding hydrogens is 227 g/mol. The van der Waals surface area contributed by atoms with Crippen LogP contribution < -0.4 is 0 Å². The molecule has 0 aromatic heterocycles. The Labute approximate surface area is 86.7 Å². The van der Waals surface area contributed by atoms with Crippen LogP contribution in [-0.4, -0.2) is 9.79 Å². The second-order valence-corrected chi connectivity index (χ2v) is 4.36. The second-order valence-electron chi connectivity index (χ2n) is 2.76. The van der Waals surface area contributed by atoms with Crippen molar-refractivity contribution in [3.8, 4) is 0 Å². The molecule has 0 unspecified atom stereocenters. The molecule has 0 fully saturated rings. The van der Waals surface area contributed by atoms with Gasteiger partial charge in [-0.2, -0.15) is 0 Å². The van der Waals surface area contributed by atoms with Crippen molar-refractivity contribution in [2.24, 2.45) is 0 Å². The average molecular weight is 237 g/mol. The van der Waals surface area contributed by atoms with Gasteiger partial charge >= 0.3 is 7.82 Å². The number of hydrogen-bond acceptors (Lipinski definition) is 2. The molecule has 1 atom stereocenters. The number of phosphoric ester groups is 1. The fourth-order valence-electron chi connectivity index (χ4n) is 1.07. The molecule has 0 spiro atoms. The van der Waals surface area contributed by atoms with Gasteiger partial charge in [-0.1, -0.05) is 29.8 Å². The molecule has 1 rings (SSSR count). The standard InChI is InChI=1S/C8H10ClO4P/c1-6(13-14(10,11)12)7-4-2-3-5-8(7)9/h2-6H,1H3,(H2,10,11,12)/t6-/m0/s1. The Kier molecular flexibility index (Phi) is 3.70. The Bertz CT molecular complexity index is 362. The first-order valence-corrected chi connectivity index (χ1v) is 5.79. The first-order chi connectivity index (χ1) is 6.40.